The van der Waals surface area contributed by atoms with Gasteiger partial charge in [0.2, 0.25) is 0 Å². The zero-order chi connectivity index (χ0) is 19.6. The van der Waals surface area contributed by atoms with Gasteiger partial charge in [0.15, 0.2) is 0 Å². The molecule has 1 heterocycles. The molecule has 0 bridgehead atoms. The van der Waals surface area contributed by atoms with Crippen LogP contribution in [0.15, 0.2) is 35.8 Å². The number of hydrogen-bond acceptors (Lipinski definition) is 6. The average molecular weight is 386 g/mol. The lowest BCUT2D eigenvalue weighted by Crippen LogP contribution is -2.45. The number of aliphatic hydroxyl groups excluding tert-OH is 1. The first-order valence-electron chi connectivity index (χ1n) is 8.98. The maximum atomic E-state index is 12.9. The van der Waals surface area contributed by atoms with Crippen molar-refractivity contribution in [3.63, 3.8) is 0 Å². The van der Waals surface area contributed by atoms with Gasteiger partial charge in [-0.15, -0.1) is 0 Å². The number of aliphatic hydroxyl groups is 1. The monoisotopic (exact) mass is 386 g/mol. The number of ether oxygens (including phenoxy) is 2. The van der Waals surface area contributed by atoms with Crippen LogP contribution in [0, 0.1) is 24.2 Å². The highest BCUT2D eigenvalue weighted by Crippen LogP contribution is 2.43. The summed E-state index contributed by atoms with van der Waals surface area (Å²) < 4.78 is 11.3. The van der Waals surface area contributed by atoms with Gasteiger partial charge in [0.1, 0.15) is 11.5 Å². The molecule has 1 spiro atoms. The Morgan fingerprint density at radius 1 is 1.26 bits per heavy atom. The standard InChI is InChI=1S/C20H22N2O4S/c1-12-5-7-13(8-6-12)15(14(11-21)17(22)27)16-18(23)25-20(26-19(16)24)9-3-2-4-10-20/h5-8,14-15,23H,2-4,9-10H2,1H3,(H2,22,27). The zero-order valence-corrected chi connectivity index (χ0v) is 15.9. The normalized spacial score (nSPS) is 21.0. The summed E-state index contributed by atoms with van der Waals surface area (Å²) >= 11 is 5.04. The highest BCUT2D eigenvalue weighted by atomic mass is 32.1. The molecule has 3 N–H and O–H groups in total. The lowest BCUT2D eigenvalue weighted by Gasteiger charge is -2.40. The fourth-order valence-electron chi connectivity index (χ4n) is 3.72. The molecule has 7 heteroatoms. The zero-order valence-electron chi connectivity index (χ0n) is 15.1. The Morgan fingerprint density at radius 2 is 1.89 bits per heavy atom. The summed E-state index contributed by atoms with van der Waals surface area (Å²) in [4.78, 5) is 12.8. The third kappa shape index (κ3) is 3.76. The van der Waals surface area contributed by atoms with E-state index in [2.05, 4.69) is 0 Å². The van der Waals surface area contributed by atoms with Crippen LogP contribution < -0.4 is 5.73 Å². The highest BCUT2D eigenvalue weighted by Gasteiger charge is 2.48. The Bertz CT molecular complexity index is 819. The number of thiocarbonyl (C=S) groups is 1. The van der Waals surface area contributed by atoms with Crippen molar-refractivity contribution in [2.45, 2.75) is 50.7 Å². The first-order valence-corrected chi connectivity index (χ1v) is 9.39. The molecule has 3 rings (SSSR count). The molecule has 1 aromatic rings. The molecular formula is C20H22N2O4S. The van der Waals surface area contributed by atoms with Gasteiger partial charge in [-0.25, -0.2) is 4.79 Å². The van der Waals surface area contributed by atoms with Gasteiger partial charge in [-0.2, -0.15) is 5.26 Å². The molecule has 1 aliphatic heterocycles. The highest BCUT2D eigenvalue weighted by molar-refractivity contribution is 7.80. The molecule has 27 heavy (non-hydrogen) atoms. The number of hydrogen-bond donors (Lipinski definition) is 2. The molecule has 0 radical (unpaired) electrons. The summed E-state index contributed by atoms with van der Waals surface area (Å²) in [6.45, 7) is 1.93. The van der Waals surface area contributed by atoms with Crippen LogP contribution in [0.5, 0.6) is 0 Å². The molecular weight excluding hydrogens is 364 g/mol. The van der Waals surface area contributed by atoms with E-state index in [-0.39, 0.29) is 10.6 Å². The van der Waals surface area contributed by atoms with Gasteiger partial charge >= 0.3 is 5.97 Å². The number of nitriles is 1. The second-order valence-corrected chi connectivity index (χ2v) is 7.55. The number of rotatable bonds is 4. The summed E-state index contributed by atoms with van der Waals surface area (Å²) in [5, 5.41) is 20.2. The molecule has 0 aromatic heterocycles. The van der Waals surface area contributed by atoms with Crippen LogP contribution in [0.25, 0.3) is 0 Å². The Balaban J connectivity index is 2.07. The van der Waals surface area contributed by atoms with Gasteiger partial charge < -0.3 is 20.3 Å². The molecule has 1 fully saturated rings. The van der Waals surface area contributed by atoms with Crippen molar-refractivity contribution in [1.29, 1.82) is 5.26 Å². The smallest absolute Gasteiger partial charge is 0.345 e. The van der Waals surface area contributed by atoms with Crippen LogP contribution >= 0.6 is 12.2 Å². The molecule has 1 aliphatic carbocycles. The topological polar surface area (TPSA) is 106 Å². The van der Waals surface area contributed by atoms with Crippen molar-refractivity contribution in [2.24, 2.45) is 11.7 Å². The van der Waals surface area contributed by atoms with Gasteiger partial charge in [0.25, 0.3) is 11.7 Å². The third-order valence-corrected chi connectivity index (χ3v) is 5.41. The lowest BCUT2D eigenvalue weighted by molar-refractivity contribution is -0.250. The summed E-state index contributed by atoms with van der Waals surface area (Å²) in [6.07, 6.45) is 3.80. The van der Waals surface area contributed by atoms with Crippen molar-refractivity contribution in [3.05, 3.63) is 46.9 Å². The molecule has 2 aliphatic rings. The molecule has 1 saturated carbocycles. The van der Waals surface area contributed by atoms with Crippen molar-refractivity contribution in [2.75, 3.05) is 0 Å². The van der Waals surface area contributed by atoms with Gasteiger partial charge in [0.05, 0.1) is 11.1 Å². The number of carbonyl (C=O) groups excluding carboxylic acids is 1. The minimum Gasteiger partial charge on any atom is -0.480 e. The maximum Gasteiger partial charge on any atom is 0.345 e. The van der Waals surface area contributed by atoms with E-state index in [4.69, 9.17) is 27.4 Å². The van der Waals surface area contributed by atoms with E-state index in [0.717, 1.165) is 24.8 Å². The summed E-state index contributed by atoms with van der Waals surface area (Å²) in [5.74, 6) is -4.18. The van der Waals surface area contributed by atoms with Crippen molar-refractivity contribution in [1.82, 2.24) is 0 Å². The van der Waals surface area contributed by atoms with Crippen molar-refractivity contribution in [3.8, 4) is 6.07 Å². The van der Waals surface area contributed by atoms with Gasteiger partial charge in [-0.3, -0.25) is 0 Å². The lowest BCUT2D eigenvalue weighted by atomic mass is 9.80. The van der Waals surface area contributed by atoms with Crippen LogP contribution in [0.2, 0.25) is 0 Å². The van der Waals surface area contributed by atoms with Crippen molar-refractivity contribution < 1.29 is 19.4 Å². The van der Waals surface area contributed by atoms with E-state index in [0.29, 0.717) is 18.4 Å². The quantitative estimate of drug-likeness (QED) is 0.602. The molecule has 2 atom stereocenters. The molecule has 1 aromatic carbocycles. The van der Waals surface area contributed by atoms with Crippen LogP contribution in [-0.4, -0.2) is 21.9 Å². The molecule has 0 amide bonds. The first kappa shape index (κ1) is 19.2. The second-order valence-electron chi connectivity index (χ2n) is 7.08. The van der Waals surface area contributed by atoms with E-state index < -0.39 is 29.5 Å². The minimum atomic E-state index is -1.12. The Labute approximate surface area is 163 Å². The van der Waals surface area contributed by atoms with Crippen LogP contribution in [0.4, 0.5) is 0 Å². The van der Waals surface area contributed by atoms with Gasteiger partial charge in [-0.05, 0) is 25.3 Å². The first-order chi connectivity index (χ1) is 12.9. The van der Waals surface area contributed by atoms with Crippen molar-refractivity contribution >= 4 is 23.2 Å². The van der Waals surface area contributed by atoms with E-state index in [1.165, 1.54) is 0 Å². The van der Waals surface area contributed by atoms with Gasteiger partial charge in [-0.1, -0.05) is 48.5 Å². The number of benzene rings is 1. The largest absolute Gasteiger partial charge is 0.480 e. The molecule has 6 nitrogen and oxygen atoms in total. The maximum absolute atomic E-state index is 12.9. The number of carbonyl (C=O) groups is 1. The summed E-state index contributed by atoms with van der Waals surface area (Å²) in [7, 11) is 0. The number of nitrogens with two attached hydrogens (primary N) is 1. The Morgan fingerprint density at radius 3 is 2.41 bits per heavy atom. The Hall–Kier alpha value is -2.59. The predicted molar refractivity (Wildman–Crippen MR) is 102 cm³/mol. The predicted octanol–water partition coefficient (Wildman–Crippen LogP) is 3.51. The van der Waals surface area contributed by atoms with E-state index in [9.17, 15) is 15.2 Å². The van der Waals surface area contributed by atoms with Gasteiger partial charge in [0, 0.05) is 18.8 Å². The Kier molecular flexibility index (Phi) is 5.38. The number of aryl methyl sites for hydroxylation is 1. The summed E-state index contributed by atoms with van der Waals surface area (Å²) in [5.41, 5.74) is 7.29. The fraction of sp³-hybridized carbons (Fsp3) is 0.450. The molecule has 2 unspecified atom stereocenters. The average Bonchev–Trinajstić information content (AvgIpc) is 2.61. The van der Waals surface area contributed by atoms with E-state index >= 15 is 0 Å². The SMILES string of the molecule is Cc1ccc(C(C2=C(O)OC3(CCCCC3)OC2=O)C(C#N)C(N)=S)cc1. The number of esters is 1. The van der Waals surface area contributed by atoms with Crippen LogP contribution in [-0.2, 0) is 14.3 Å². The van der Waals surface area contributed by atoms with Crippen LogP contribution in [0.3, 0.4) is 0 Å². The second kappa shape index (κ2) is 7.57. The van der Waals surface area contributed by atoms with Crippen LogP contribution in [0.1, 0.15) is 49.1 Å². The number of nitrogens with zero attached hydrogens (tertiary/aromatic N) is 1. The summed E-state index contributed by atoms with van der Waals surface area (Å²) in [6, 6.07) is 9.31. The third-order valence-electron chi connectivity index (χ3n) is 5.15. The van der Waals surface area contributed by atoms with E-state index in [1.54, 1.807) is 12.1 Å². The fourth-order valence-corrected chi connectivity index (χ4v) is 3.91. The van der Waals surface area contributed by atoms with E-state index in [1.807, 2.05) is 25.1 Å². The molecule has 0 saturated heterocycles. The minimum absolute atomic E-state index is 0.0610. The molecule has 142 valence electrons.